The van der Waals surface area contributed by atoms with Gasteiger partial charge in [0.1, 0.15) is 0 Å². The lowest BCUT2D eigenvalue weighted by Crippen LogP contribution is -2.12. The molecule has 0 atom stereocenters. The minimum absolute atomic E-state index is 1.07. The fourth-order valence-electron chi connectivity index (χ4n) is 9.30. The largest absolute Gasteiger partial charge is 0.310 e. The van der Waals surface area contributed by atoms with Crippen LogP contribution >= 0.6 is 0 Å². The van der Waals surface area contributed by atoms with E-state index in [1.807, 2.05) is 0 Å². The minimum atomic E-state index is 1.07. The van der Waals surface area contributed by atoms with E-state index < -0.39 is 0 Å². The lowest BCUT2D eigenvalue weighted by Gasteiger charge is -2.31. The molecule has 0 amide bonds. The van der Waals surface area contributed by atoms with Gasteiger partial charge in [-0.1, -0.05) is 218 Å². The van der Waals surface area contributed by atoms with Gasteiger partial charge in [-0.25, -0.2) is 0 Å². The van der Waals surface area contributed by atoms with E-state index in [0.29, 0.717) is 0 Å². The molecular formula is C62H43N. The third-order valence-corrected chi connectivity index (χ3v) is 12.2. The SMILES string of the molecule is c1ccc(-c2cc(-c3ccccc3)cc(N(c3cc(-c4ccccc4)cc(-c4ccccc4)c3)c3cccc4c3c(-c3ccccc3)c(-c3ccccc3)c3ccccc34)c2)cc1. The first-order chi connectivity index (χ1) is 31.3. The van der Waals surface area contributed by atoms with E-state index in [9.17, 15) is 0 Å². The zero-order valence-corrected chi connectivity index (χ0v) is 34.8. The monoisotopic (exact) mass is 801 g/mol. The zero-order valence-electron chi connectivity index (χ0n) is 34.8. The number of rotatable bonds is 9. The number of hydrogen-bond donors (Lipinski definition) is 0. The second kappa shape index (κ2) is 16.7. The number of nitrogens with zero attached hydrogens (tertiary/aromatic N) is 1. The summed E-state index contributed by atoms with van der Waals surface area (Å²) < 4.78 is 0. The molecule has 0 radical (unpaired) electrons. The Bertz CT molecular complexity index is 3100. The van der Waals surface area contributed by atoms with Gasteiger partial charge >= 0.3 is 0 Å². The van der Waals surface area contributed by atoms with Gasteiger partial charge in [0.05, 0.1) is 5.69 Å². The predicted molar refractivity (Wildman–Crippen MR) is 269 cm³/mol. The van der Waals surface area contributed by atoms with Crippen LogP contribution in [0.5, 0.6) is 0 Å². The number of hydrogen-bond acceptors (Lipinski definition) is 1. The topological polar surface area (TPSA) is 3.24 Å². The molecule has 0 heterocycles. The maximum atomic E-state index is 2.52. The van der Waals surface area contributed by atoms with E-state index in [-0.39, 0.29) is 0 Å². The van der Waals surface area contributed by atoms with E-state index >= 15 is 0 Å². The maximum Gasteiger partial charge on any atom is 0.0546 e. The van der Waals surface area contributed by atoms with Crippen LogP contribution in [0.1, 0.15) is 0 Å². The molecule has 11 rings (SSSR count). The fourth-order valence-corrected chi connectivity index (χ4v) is 9.30. The Morgan fingerprint density at radius 1 is 0.206 bits per heavy atom. The van der Waals surface area contributed by atoms with Gasteiger partial charge in [-0.05, 0) is 120 Å². The Hall–Kier alpha value is -8.26. The van der Waals surface area contributed by atoms with Gasteiger partial charge in [-0.3, -0.25) is 0 Å². The molecule has 0 N–H and O–H groups in total. The van der Waals surface area contributed by atoms with E-state index in [1.54, 1.807) is 0 Å². The highest BCUT2D eigenvalue weighted by molar-refractivity contribution is 6.25. The van der Waals surface area contributed by atoms with Crippen molar-refractivity contribution >= 4 is 38.6 Å². The molecule has 296 valence electrons. The summed E-state index contributed by atoms with van der Waals surface area (Å²) in [5.74, 6) is 0. The van der Waals surface area contributed by atoms with E-state index in [4.69, 9.17) is 0 Å². The van der Waals surface area contributed by atoms with Crippen molar-refractivity contribution in [1.29, 1.82) is 0 Å². The van der Waals surface area contributed by atoms with E-state index in [2.05, 4.69) is 266 Å². The lowest BCUT2D eigenvalue weighted by atomic mass is 9.84. The van der Waals surface area contributed by atoms with Gasteiger partial charge in [-0.2, -0.15) is 0 Å². The average Bonchev–Trinajstić information content (AvgIpc) is 3.37. The van der Waals surface area contributed by atoms with Crippen LogP contribution in [0, 0.1) is 0 Å². The molecule has 1 nitrogen and oxygen atoms in total. The lowest BCUT2D eigenvalue weighted by molar-refractivity contribution is 1.30. The summed E-state index contributed by atoms with van der Waals surface area (Å²) in [5, 5.41) is 4.85. The van der Waals surface area contributed by atoms with Crippen molar-refractivity contribution in [2.45, 2.75) is 0 Å². The van der Waals surface area contributed by atoms with Crippen LogP contribution < -0.4 is 4.90 Å². The smallest absolute Gasteiger partial charge is 0.0546 e. The van der Waals surface area contributed by atoms with Crippen LogP contribution in [0.4, 0.5) is 17.1 Å². The first-order valence-electron chi connectivity index (χ1n) is 21.7. The molecule has 0 saturated carbocycles. The molecule has 0 aliphatic carbocycles. The molecule has 0 spiro atoms. The van der Waals surface area contributed by atoms with Gasteiger partial charge in [0.15, 0.2) is 0 Å². The van der Waals surface area contributed by atoms with Crippen molar-refractivity contribution < 1.29 is 0 Å². The standard InChI is InChI=1S/C62H43N/c1-7-22-44(23-8-1)50-38-51(45-24-9-2-10-25-45)41-54(40-50)63(55-42-52(46-26-11-3-12-27-46)39-53(43-55)47-28-13-4-14-29-47)59-37-21-36-58-56-34-19-20-35-57(56)60(48-30-15-5-16-31-48)61(62(58)59)49-32-17-6-18-33-49/h1-43H. The molecule has 11 aromatic rings. The van der Waals surface area contributed by atoms with Crippen LogP contribution in [0.2, 0.25) is 0 Å². The molecule has 0 saturated heterocycles. The summed E-state index contributed by atoms with van der Waals surface area (Å²) in [4.78, 5) is 2.52. The Labute approximate surface area is 369 Å². The summed E-state index contributed by atoms with van der Waals surface area (Å²) in [7, 11) is 0. The van der Waals surface area contributed by atoms with Crippen molar-refractivity contribution in [3.63, 3.8) is 0 Å². The molecule has 1 heteroatoms. The van der Waals surface area contributed by atoms with Gasteiger partial charge in [0.25, 0.3) is 0 Å². The molecule has 0 unspecified atom stereocenters. The van der Waals surface area contributed by atoms with Gasteiger partial charge < -0.3 is 4.90 Å². The normalized spacial score (nSPS) is 11.2. The molecule has 63 heavy (non-hydrogen) atoms. The molecule has 0 fully saturated rings. The second-order valence-electron chi connectivity index (χ2n) is 16.1. The summed E-state index contributed by atoms with van der Waals surface area (Å²) >= 11 is 0. The van der Waals surface area contributed by atoms with Gasteiger partial charge in [-0.15, -0.1) is 0 Å². The molecule has 0 aromatic heterocycles. The number of anilines is 3. The molecule has 0 bridgehead atoms. The van der Waals surface area contributed by atoms with Crippen molar-refractivity contribution in [1.82, 2.24) is 0 Å². The summed E-state index contributed by atoms with van der Waals surface area (Å²) in [6, 6.07) is 95.0. The zero-order chi connectivity index (χ0) is 42.0. The quantitative estimate of drug-likeness (QED) is 0.131. The van der Waals surface area contributed by atoms with Crippen molar-refractivity contribution in [2.75, 3.05) is 4.90 Å². The average molecular weight is 802 g/mol. The van der Waals surface area contributed by atoms with Crippen LogP contribution in [0.3, 0.4) is 0 Å². The van der Waals surface area contributed by atoms with Crippen molar-refractivity contribution in [3.05, 3.63) is 261 Å². The molecule has 11 aromatic carbocycles. The second-order valence-corrected chi connectivity index (χ2v) is 16.1. The summed E-state index contributed by atoms with van der Waals surface area (Å²) in [6.07, 6.45) is 0. The molecule has 0 aliphatic rings. The highest BCUT2D eigenvalue weighted by atomic mass is 15.1. The van der Waals surface area contributed by atoms with E-state index in [1.165, 1.54) is 66.1 Å². The van der Waals surface area contributed by atoms with Crippen LogP contribution in [-0.4, -0.2) is 0 Å². The first kappa shape index (κ1) is 37.7. The fraction of sp³-hybridized carbons (Fsp3) is 0. The van der Waals surface area contributed by atoms with Crippen LogP contribution in [0.15, 0.2) is 261 Å². The van der Waals surface area contributed by atoms with Crippen LogP contribution in [0.25, 0.3) is 88.3 Å². The molecule has 0 aliphatic heterocycles. The summed E-state index contributed by atoms with van der Waals surface area (Å²) in [6.45, 7) is 0. The number of fused-ring (bicyclic) bond motifs is 3. The number of benzene rings is 11. The van der Waals surface area contributed by atoms with Crippen LogP contribution in [-0.2, 0) is 0 Å². The van der Waals surface area contributed by atoms with Crippen molar-refractivity contribution in [3.8, 4) is 66.8 Å². The highest BCUT2D eigenvalue weighted by Crippen LogP contribution is 2.51. The summed E-state index contributed by atoms with van der Waals surface area (Å²) in [5.41, 5.74) is 17.3. The van der Waals surface area contributed by atoms with Gasteiger partial charge in [0, 0.05) is 22.3 Å². The highest BCUT2D eigenvalue weighted by Gasteiger charge is 2.25. The van der Waals surface area contributed by atoms with E-state index in [0.717, 1.165) is 39.3 Å². The first-order valence-corrected chi connectivity index (χ1v) is 21.7. The minimum Gasteiger partial charge on any atom is -0.310 e. The third kappa shape index (κ3) is 7.26. The molecular weight excluding hydrogens is 759 g/mol. The Kier molecular flexibility index (Phi) is 9.97. The Morgan fingerprint density at radius 2 is 0.524 bits per heavy atom. The maximum absolute atomic E-state index is 2.52. The van der Waals surface area contributed by atoms with Crippen molar-refractivity contribution in [2.24, 2.45) is 0 Å². The Morgan fingerprint density at radius 3 is 0.921 bits per heavy atom. The van der Waals surface area contributed by atoms with Gasteiger partial charge in [0.2, 0.25) is 0 Å². The predicted octanol–water partition coefficient (Wildman–Crippen LogP) is 17.5. The third-order valence-electron chi connectivity index (χ3n) is 12.2. The Balaban J connectivity index is 1.31.